The van der Waals surface area contributed by atoms with Crippen molar-refractivity contribution in [3.63, 3.8) is 0 Å². The van der Waals surface area contributed by atoms with Crippen molar-refractivity contribution in [1.29, 1.82) is 0 Å². The van der Waals surface area contributed by atoms with E-state index in [4.69, 9.17) is 0 Å². The van der Waals surface area contributed by atoms with Crippen LogP contribution in [-0.2, 0) is 0 Å². The summed E-state index contributed by atoms with van der Waals surface area (Å²) in [5, 5.41) is 0. The summed E-state index contributed by atoms with van der Waals surface area (Å²) in [6, 6.07) is 0. The van der Waals surface area contributed by atoms with Gasteiger partial charge in [0.15, 0.2) is 0 Å². The summed E-state index contributed by atoms with van der Waals surface area (Å²) < 4.78 is 0. The summed E-state index contributed by atoms with van der Waals surface area (Å²) in [6.07, 6.45) is 8.83. The van der Waals surface area contributed by atoms with E-state index in [0.717, 1.165) is 5.92 Å². The van der Waals surface area contributed by atoms with E-state index >= 15 is 0 Å². The minimum atomic E-state index is 0.937. The van der Waals surface area contributed by atoms with Crippen LogP contribution in [0.25, 0.3) is 0 Å². The van der Waals surface area contributed by atoms with Crippen LogP contribution in [0.4, 0.5) is 0 Å². The number of hydrogen-bond acceptors (Lipinski definition) is 0. The van der Waals surface area contributed by atoms with E-state index in [1.165, 1.54) is 43.3 Å². The summed E-state index contributed by atoms with van der Waals surface area (Å²) in [5.74, 6) is 0.937. The van der Waals surface area contributed by atoms with Gasteiger partial charge in [-0.05, 0) is 51.9 Å². The predicted molar refractivity (Wildman–Crippen MR) is 77.8 cm³/mol. The van der Waals surface area contributed by atoms with Gasteiger partial charge in [0.05, 0.1) is 0 Å². The van der Waals surface area contributed by atoms with E-state index in [9.17, 15) is 0 Å². The Morgan fingerprint density at radius 1 is 1.31 bits per heavy atom. The first-order valence-electron chi connectivity index (χ1n) is 7.00. The Bertz CT molecular complexity index is 186. The van der Waals surface area contributed by atoms with E-state index in [-0.39, 0.29) is 0 Å². The van der Waals surface area contributed by atoms with Crippen LogP contribution in [0.3, 0.4) is 0 Å². The molecule has 1 unspecified atom stereocenters. The first kappa shape index (κ1) is 17.9. The maximum Gasteiger partial charge on any atom is -0.0294 e. The van der Waals surface area contributed by atoms with Gasteiger partial charge in [0, 0.05) is 0 Å². The molecule has 96 valence electrons. The Balaban J connectivity index is 0. The third-order valence-electron chi connectivity index (χ3n) is 2.92. The van der Waals surface area contributed by atoms with Gasteiger partial charge in [0.1, 0.15) is 0 Å². The highest BCUT2D eigenvalue weighted by Crippen LogP contribution is 2.32. The van der Waals surface area contributed by atoms with Crippen LogP contribution in [0.15, 0.2) is 23.8 Å². The third-order valence-corrected chi connectivity index (χ3v) is 2.92. The lowest BCUT2D eigenvalue weighted by Crippen LogP contribution is -1.93. The molecule has 1 atom stereocenters. The number of hydrogen-bond donors (Lipinski definition) is 0. The second kappa shape index (κ2) is 12.5. The normalized spacial score (nSPS) is 19.5. The Labute approximate surface area is 104 Å². The quantitative estimate of drug-likeness (QED) is 0.505. The SMILES string of the molecule is C=C1CCC(CCC(C)=CC)C1.CC.CC. The highest BCUT2D eigenvalue weighted by Gasteiger charge is 2.17. The van der Waals surface area contributed by atoms with Crippen LogP contribution in [0.1, 0.15) is 73.6 Å². The van der Waals surface area contributed by atoms with Crippen LogP contribution < -0.4 is 0 Å². The molecule has 0 N–H and O–H groups in total. The summed E-state index contributed by atoms with van der Waals surface area (Å²) in [4.78, 5) is 0. The van der Waals surface area contributed by atoms with Gasteiger partial charge in [-0.1, -0.05) is 51.5 Å². The van der Waals surface area contributed by atoms with Crippen molar-refractivity contribution in [2.45, 2.75) is 73.6 Å². The summed E-state index contributed by atoms with van der Waals surface area (Å²) in [5.41, 5.74) is 3.01. The monoisotopic (exact) mass is 224 g/mol. The number of allylic oxidation sites excluding steroid dienone is 3. The van der Waals surface area contributed by atoms with E-state index in [2.05, 4.69) is 26.5 Å². The van der Waals surface area contributed by atoms with Crippen LogP contribution in [-0.4, -0.2) is 0 Å². The third kappa shape index (κ3) is 8.76. The Kier molecular flexibility index (Phi) is 14.0. The molecule has 1 saturated carbocycles. The second-order valence-electron chi connectivity index (χ2n) is 4.03. The molecular weight excluding hydrogens is 192 g/mol. The van der Waals surface area contributed by atoms with Gasteiger partial charge in [-0.2, -0.15) is 0 Å². The van der Waals surface area contributed by atoms with Crippen molar-refractivity contribution in [2.24, 2.45) is 5.92 Å². The zero-order valence-corrected chi connectivity index (χ0v) is 12.4. The smallest absolute Gasteiger partial charge is 0.0294 e. The van der Waals surface area contributed by atoms with E-state index in [0.29, 0.717) is 0 Å². The van der Waals surface area contributed by atoms with Gasteiger partial charge in [-0.25, -0.2) is 0 Å². The molecule has 0 aliphatic heterocycles. The average Bonchev–Trinajstić information content (AvgIpc) is 2.77. The molecule has 0 nitrogen and oxygen atoms in total. The molecule has 0 radical (unpaired) electrons. The van der Waals surface area contributed by atoms with Gasteiger partial charge in [-0.15, -0.1) is 0 Å². The molecule has 1 rings (SSSR count). The van der Waals surface area contributed by atoms with Gasteiger partial charge in [0.25, 0.3) is 0 Å². The van der Waals surface area contributed by atoms with Crippen molar-refractivity contribution in [1.82, 2.24) is 0 Å². The van der Waals surface area contributed by atoms with Gasteiger partial charge >= 0.3 is 0 Å². The fraction of sp³-hybridized carbons (Fsp3) is 0.750. The first-order chi connectivity index (χ1) is 7.72. The van der Waals surface area contributed by atoms with Crippen molar-refractivity contribution in [3.05, 3.63) is 23.8 Å². The Morgan fingerprint density at radius 2 is 1.88 bits per heavy atom. The lowest BCUT2D eigenvalue weighted by molar-refractivity contribution is 0.509. The van der Waals surface area contributed by atoms with Crippen LogP contribution in [0, 0.1) is 5.92 Å². The highest BCUT2D eigenvalue weighted by molar-refractivity contribution is 5.03. The van der Waals surface area contributed by atoms with E-state index in [1.54, 1.807) is 0 Å². The van der Waals surface area contributed by atoms with Crippen LogP contribution in [0.2, 0.25) is 0 Å². The topological polar surface area (TPSA) is 0 Å². The van der Waals surface area contributed by atoms with Crippen molar-refractivity contribution in [2.75, 3.05) is 0 Å². The molecular formula is C16H32. The standard InChI is InChI=1S/C12H20.2C2H6/c1-4-10(2)5-7-12-8-6-11(3)9-12;2*1-2/h4,12H,3,5-9H2,1-2H3;2*1-2H3. The minimum Gasteiger partial charge on any atom is -0.0999 e. The summed E-state index contributed by atoms with van der Waals surface area (Å²) in [6.45, 7) is 16.4. The summed E-state index contributed by atoms with van der Waals surface area (Å²) in [7, 11) is 0. The lowest BCUT2D eigenvalue weighted by atomic mass is 9.98. The largest absolute Gasteiger partial charge is 0.0999 e. The van der Waals surface area contributed by atoms with Gasteiger partial charge in [0.2, 0.25) is 0 Å². The molecule has 0 heterocycles. The molecule has 0 aromatic carbocycles. The van der Waals surface area contributed by atoms with Crippen molar-refractivity contribution < 1.29 is 0 Å². The Morgan fingerprint density at radius 3 is 2.25 bits per heavy atom. The molecule has 1 aliphatic rings. The van der Waals surface area contributed by atoms with Crippen LogP contribution >= 0.6 is 0 Å². The van der Waals surface area contributed by atoms with Gasteiger partial charge in [-0.3, -0.25) is 0 Å². The molecule has 0 amide bonds. The lowest BCUT2D eigenvalue weighted by Gasteiger charge is -2.07. The maximum absolute atomic E-state index is 4.04. The average molecular weight is 224 g/mol. The molecule has 1 fully saturated rings. The molecule has 1 aliphatic carbocycles. The zero-order chi connectivity index (χ0) is 13.0. The maximum atomic E-state index is 4.04. The number of rotatable bonds is 3. The molecule has 0 heteroatoms. The van der Waals surface area contributed by atoms with Crippen LogP contribution in [0.5, 0.6) is 0 Å². The van der Waals surface area contributed by atoms with E-state index < -0.39 is 0 Å². The molecule has 0 saturated heterocycles. The molecule has 16 heavy (non-hydrogen) atoms. The Hall–Kier alpha value is -0.520. The fourth-order valence-corrected chi connectivity index (χ4v) is 1.84. The second-order valence-corrected chi connectivity index (χ2v) is 4.03. The molecule has 0 bridgehead atoms. The van der Waals surface area contributed by atoms with E-state index in [1.807, 2.05) is 27.7 Å². The molecule has 0 spiro atoms. The van der Waals surface area contributed by atoms with Crippen molar-refractivity contribution >= 4 is 0 Å². The first-order valence-corrected chi connectivity index (χ1v) is 7.00. The van der Waals surface area contributed by atoms with Crippen molar-refractivity contribution in [3.8, 4) is 0 Å². The highest BCUT2D eigenvalue weighted by atomic mass is 14.2. The minimum absolute atomic E-state index is 0.937. The van der Waals surface area contributed by atoms with Gasteiger partial charge < -0.3 is 0 Å². The molecule has 0 aromatic rings. The molecule has 0 aromatic heterocycles. The zero-order valence-electron chi connectivity index (χ0n) is 12.4. The summed E-state index contributed by atoms with van der Waals surface area (Å²) >= 11 is 0. The fourth-order valence-electron chi connectivity index (χ4n) is 1.84. The predicted octanol–water partition coefficient (Wildman–Crippen LogP) is 6.14.